The molecule has 0 nitrogen and oxygen atoms in total. The summed E-state index contributed by atoms with van der Waals surface area (Å²) < 4.78 is 0. The van der Waals surface area contributed by atoms with Crippen LogP contribution < -0.4 is 0 Å². The van der Waals surface area contributed by atoms with E-state index in [2.05, 4.69) is 164 Å². The van der Waals surface area contributed by atoms with E-state index in [-0.39, 0.29) is 0 Å². The van der Waals surface area contributed by atoms with Crippen molar-refractivity contribution >= 4 is 33.6 Å². The number of hydrogen-bond acceptors (Lipinski definition) is 0. The van der Waals surface area contributed by atoms with Crippen LogP contribution in [0.5, 0.6) is 0 Å². The van der Waals surface area contributed by atoms with Crippen LogP contribution in [0.25, 0.3) is 44.7 Å². The van der Waals surface area contributed by atoms with Gasteiger partial charge in [-0.2, -0.15) is 0 Å². The van der Waals surface area contributed by atoms with Crippen molar-refractivity contribution in [3.63, 3.8) is 0 Å². The third-order valence-corrected chi connectivity index (χ3v) is 11.3. The van der Waals surface area contributed by atoms with Gasteiger partial charge in [-0.25, -0.2) is 0 Å². The number of benzene rings is 5. The third kappa shape index (κ3) is 4.59. The molecule has 3 atom stereocenters. The van der Waals surface area contributed by atoms with E-state index >= 15 is 0 Å². The van der Waals surface area contributed by atoms with E-state index in [1.165, 1.54) is 83.1 Å². The average Bonchev–Trinajstić information content (AvgIpc) is 3.17. The van der Waals surface area contributed by atoms with Gasteiger partial charge >= 0.3 is 0 Å². The summed E-state index contributed by atoms with van der Waals surface area (Å²) in [5.74, 6) is 1.23. The normalized spacial score (nSPS) is 21.5. The molecule has 5 aromatic rings. The summed E-state index contributed by atoms with van der Waals surface area (Å²) >= 11 is 0. The largest absolute Gasteiger partial charge is 0.0761 e. The second-order valence-electron chi connectivity index (χ2n) is 14.0. The molecular formula is C48H36. The minimum atomic E-state index is 0.396. The lowest BCUT2D eigenvalue weighted by molar-refractivity contribution is 0.719. The lowest BCUT2D eigenvalue weighted by atomic mass is 9.69. The summed E-state index contributed by atoms with van der Waals surface area (Å²) in [6.07, 6.45) is 26.8. The molecule has 0 bridgehead atoms. The molecule has 228 valence electrons. The van der Waals surface area contributed by atoms with Crippen LogP contribution in [-0.2, 0) is 6.42 Å². The van der Waals surface area contributed by atoms with Gasteiger partial charge in [0, 0.05) is 17.8 Å². The Bertz CT molecular complexity index is 2380. The Hall–Kier alpha value is -5.46. The van der Waals surface area contributed by atoms with Crippen molar-refractivity contribution in [1.82, 2.24) is 0 Å². The van der Waals surface area contributed by atoms with E-state index in [1.54, 1.807) is 0 Å². The molecule has 0 heteroatoms. The third-order valence-electron chi connectivity index (χ3n) is 11.3. The Morgan fingerprint density at radius 1 is 0.521 bits per heavy atom. The highest BCUT2D eigenvalue weighted by atomic mass is 14.4. The highest BCUT2D eigenvalue weighted by molar-refractivity contribution is 5.91. The fourth-order valence-corrected chi connectivity index (χ4v) is 8.73. The lowest BCUT2D eigenvalue weighted by Crippen LogP contribution is -2.17. The SMILES string of the molecule is C1=CC2c3ccccc3-c3ccc(C4=CC=C5C=C(c6ccc7c(c6)CCC(c6ccc8ccccc8c6)=C7)C=CC5C4)cc3C2C=C1. The number of fused-ring (bicyclic) bond motifs is 9. The molecule has 0 saturated carbocycles. The van der Waals surface area contributed by atoms with Crippen LogP contribution in [0.1, 0.15) is 63.6 Å². The fraction of sp³-hybridized carbons (Fsp3) is 0.125. The molecule has 0 amide bonds. The molecule has 5 aliphatic carbocycles. The maximum atomic E-state index is 2.48. The molecule has 0 radical (unpaired) electrons. The minimum Gasteiger partial charge on any atom is -0.0761 e. The average molecular weight is 613 g/mol. The molecule has 5 aliphatic rings. The summed E-state index contributed by atoms with van der Waals surface area (Å²) in [7, 11) is 0. The summed E-state index contributed by atoms with van der Waals surface area (Å²) in [6, 6.07) is 38.8. The smallest absolute Gasteiger partial charge is 0.0131 e. The van der Waals surface area contributed by atoms with Crippen molar-refractivity contribution in [2.45, 2.75) is 31.1 Å². The zero-order chi connectivity index (χ0) is 31.6. The monoisotopic (exact) mass is 612 g/mol. The molecule has 10 rings (SSSR count). The first-order valence-corrected chi connectivity index (χ1v) is 17.5. The van der Waals surface area contributed by atoms with Crippen molar-refractivity contribution in [2.24, 2.45) is 5.92 Å². The Morgan fingerprint density at radius 2 is 1.29 bits per heavy atom. The highest BCUT2D eigenvalue weighted by Gasteiger charge is 2.32. The van der Waals surface area contributed by atoms with Crippen molar-refractivity contribution < 1.29 is 0 Å². The van der Waals surface area contributed by atoms with Gasteiger partial charge in [0.2, 0.25) is 0 Å². The van der Waals surface area contributed by atoms with E-state index < -0.39 is 0 Å². The molecule has 0 fully saturated rings. The number of allylic oxidation sites excluding steroid dienone is 13. The highest BCUT2D eigenvalue weighted by Crippen LogP contribution is 2.50. The van der Waals surface area contributed by atoms with Gasteiger partial charge in [0.15, 0.2) is 0 Å². The summed E-state index contributed by atoms with van der Waals surface area (Å²) in [4.78, 5) is 0. The molecule has 5 aromatic carbocycles. The lowest BCUT2D eigenvalue weighted by Gasteiger charge is -2.34. The summed E-state index contributed by atoms with van der Waals surface area (Å²) in [6.45, 7) is 0. The molecule has 48 heavy (non-hydrogen) atoms. The van der Waals surface area contributed by atoms with Crippen LogP contribution in [0, 0.1) is 5.92 Å². The molecule has 0 N–H and O–H groups in total. The summed E-state index contributed by atoms with van der Waals surface area (Å²) in [5, 5.41) is 2.61. The molecule has 3 unspecified atom stereocenters. The van der Waals surface area contributed by atoms with Crippen molar-refractivity contribution in [2.75, 3.05) is 0 Å². The fourth-order valence-electron chi connectivity index (χ4n) is 8.73. The van der Waals surface area contributed by atoms with Gasteiger partial charge in [0.25, 0.3) is 0 Å². The number of rotatable bonds is 3. The predicted octanol–water partition coefficient (Wildman–Crippen LogP) is 12.3. The van der Waals surface area contributed by atoms with Gasteiger partial charge in [-0.1, -0.05) is 158 Å². The minimum absolute atomic E-state index is 0.396. The van der Waals surface area contributed by atoms with E-state index in [9.17, 15) is 0 Å². The Morgan fingerprint density at radius 3 is 2.23 bits per heavy atom. The molecule has 0 saturated heterocycles. The van der Waals surface area contributed by atoms with E-state index in [4.69, 9.17) is 0 Å². The molecule has 0 aliphatic heterocycles. The second kappa shape index (κ2) is 11.1. The maximum Gasteiger partial charge on any atom is 0.0131 e. The quantitative estimate of drug-likeness (QED) is 0.190. The topological polar surface area (TPSA) is 0 Å². The van der Waals surface area contributed by atoms with Gasteiger partial charge in [-0.05, 0) is 108 Å². The predicted molar refractivity (Wildman–Crippen MR) is 204 cm³/mol. The zero-order valence-electron chi connectivity index (χ0n) is 26.9. The number of aryl methyl sites for hydroxylation is 1. The Balaban J connectivity index is 0.926. The second-order valence-corrected chi connectivity index (χ2v) is 14.0. The Kier molecular flexibility index (Phi) is 6.37. The van der Waals surface area contributed by atoms with Gasteiger partial charge < -0.3 is 0 Å². The van der Waals surface area contributed by atoms with Crippen LogP contribution in [-0.4, -0.2) is 0 Å². The van der Waals surface area contributed by atoms with Crippen molar-refractivity contribution in [3.8, 4) is 11.1 Å². The molecule has 0 spiro atoms. The first kappa shape index (κ1) is 27.6. The zero-order valence-corrected chi connectivity index (χ0v) is 26.9. The first-order chi connectivity index (χ1) is 23.7. The van der Waals surface area contributed by atoms with Crippen LogP contribution in [0.2, 0.25) is 0 Å². The van der Waals surface area contributed by atoms with Crippen molar-refractivity contribution in [3.05, 3.63) is 202 Å². The molecule has 0 aromatic heterocycles. The molecule has 0 heterocycles. The van der Waals surface area contributed by atoms with E-state index in [1.807, 2.05) is 0 Å². The van der Waals surface area contributed by atoms with E-state index in [0.717, 1.165) is 19.3 Å². The number of hydrogen-bond donors (Lipinski definition) is 0. The van der Waals surface area contributed by atoms with Gasteiger partial charge in [-0.15, -0.1) is 0 Å². The van der Waals surface area contributed by atoms with Crippen LogP contribution in [0.3, 0.4) is 0 Å². The summed E-state index contributed by atoms with van der Waals surface area (Å²) in [5.41, 5.74) is 18.1. The first-order valence-electron chi connectivity index (χ1n) is 17.5. The van der Waals surface area contributed by atoms with Crippen molar-refractivity contribution in [1.29, 1.82) is 0 Å². The van der Waals surface area contributed by atoms with Gasteiger partial charge in [0.1, 0.15) is 0 Å². The molecular weight excluding hydrogens is 577 g/mol. The van der Waals surface area contributed by atoms with Gasteiger partial charge in [-0.3, -0.25) is 0 Å². The van der Waals surface area contributed by atoms with E-state index in [0.29, 0.717) is 17.8 Å². The maximum absolute atomic E-state index is 2.48. The van der Waals surface area contributed by atoms with Crippen LogP contribution in [0.15, 0.2) is 163 Å². The van der Waals surface area contributed by atoms with Gasteiger partial charge in [0.05, 0.1) is 0 Å². The Labute approximate surface area is 283 Å². The van der Waals surface area contributed by atoms with Crippen LogP contribution in [0.4, 0.5) is 0 Å². The standard InChI is InChI=1S/C48H36/c1-2-8-32-25-33(14-13-31(32)7-1)34-15-16-36-27-37(18-17-35(36)26-34)38-19-20-40-29-41(22-21-39(40)28-38)42-23-24-47-45-11-4-3-9-43(45)44-10-5-6-12-46(44)48(47)30-42/h1-14,17-28,30,40,44,46H,15-16,29H2. The van der Waals surface area contributed by atoms with Crippen LogP contribution >= 0.6 is 0 Å².